The molecule has 1 N–H and O–H groups in total. The van der Waals surface area contributed by atoms with E-state index in [0.29, 0.717) is 13.2 Å². The number of nitrogens with one attached hydrogen (secondary N) is 1. The second-order valence-corrected chi connectivity index (χ2v) is 6.55. The number of rotatable bonds is 6. The number of anilines is 1. The van der Waals surface area contributed by atoms with Gasteiger partial charge in [0.1, 0.15) is 5.75 Å². The number of ether oxygens (including phenoxy) is 1. The third kappa shape index (κ3) is 4.46. The summed E-state index contributed by atoms with van der Waals surface area (Å²) in [6, 6.07) is 11.0. The maximum absolute atomic E-state index is 11.3. The van der Waals surface area contributed by atoms with Crippen LogP contribution in [0.5, 0.6) is 5.75 Å². The lowest BCUT2D eigenvalue weighted by Gasteiger charge is -2.08. The predicted molar refractivity (Wildman–Crippen MR) is 82.3 cm³/mol. The highest BCUT2D eigenvalue weighted by Crippen LogP contribution is 2.15. The zero-order valence-electron chi connectivity index (χ0n) is 12.0. The molecule has 0 unspecified atom stereocenters. The van der Waals surface area contributed by atoms with Crippen LogP contribution in [0.4, 0.5) is 5.69 Å². The third-order valence-electron chi connectivity index (χ3n) is 2.82. The molecule has 0 aliphatic heterocycles. The van der Waals surface area contributed by atoms with E-state index in [9.17, 15) is 8.42 Å². The van der Waals surface area contributed by atoms with Gasteiger partial charge in [0.25, 0.3) is 0 Å². The normalized spacial score (nSPS) is 11.1. The van der Waals surface area contributed by atoms with E-state index in [1.165, 1.54) is 12.3 Å². The van der Waals surface area contributed by atoms with Crippen LogP contribution in [-0.4, -0.2) is 26.3 Å². The van der Waals surface area contributed by atoms with Crippen molar-refractivity contribution in [2.24, 2.45) is 0 Å². The van der Waals surface area contributed by atoms with Crippen molar-refractivity contribution >= 4 is 15.5 Å². The molecule has 1 heterocycles. The maximum Gasteiger partial charge on any atom is 0.192 e. The fraction of sp³-hybridized carbons (Fsp3) is 0.267. The smallest absolute Gasteiger partial charge is 0.192 e. The minimum Gasteiger partial charge on any atom is -0.494 e. The number of hydrogen-bond acceptors (Lipinski definition) is 5. The molecule has 6 heteroatoms. The Morgan fingerprint density at radius 1 is 1.24 bits per heavy atom. The first-order valence-corrected chi connectivity index (χ1v) is 8.50. The average Bonchev–Trinajstić information content (AvgIpc) is 2.45. The lowest BCUT2D eigenvalue weighted by atomic mass is 10.2. The number of benzene rings is 1. The van der Waals surface area contributed by atoms with Crippen molar-refractivity contribution in [1.29, 1.82) is 0 Å². The monoisotopic (exact) mass is 306 g/mol. The Balaban J connectivity index is 2.01. The Kier molecular flexibility index (Phi) is 4.80. The van der Waals surface area contributed by atoms with Crippen LogP contribution in [0.2, 0.25) is 0 Å². The van der Waals surface area contributed by atoms with Gasteiger partial charge in [-0.25, -0.2) is 13.4 Å². The molecule has 0 fully saturated rings. The van der Waals surface area contributed by atoms with E-state index in [1.54, 1.807) is 6.07 Å². The van der Waals surface area contributed by atoms with E-state index in [-0.39, 0.29) is 5.03 Å². The summed E-state index contributed by atoms with van der Waals surface area (Å²) in [4.78, 5) is 3.93. The first-order valence-electron chi connectivity index (χ1n) is 6.61. The minimum absolute atomic E-state index is 0.0754. The molecule has 0 aliphatic carbocycles. The van der Waals surface area contributed by atoms with E-state index in [0.717, 1.165) is 23.3 Å². The molecule has 0 atom stereocenters. The SMILES string of the molecule is CCOc1cccc(CNc2ccc(S(C)(=O)=O)nc2)c1. The summed E-state index contributed by atoms with van der Waals surface area (Å²) < 4.78 is 28.1. The molecule has 2 rings (SSSR count). The number of pyridine rings is 1. The van der Waals surface area contributed by atoms with E-state index < -0.39 is 9.84 Å². The Bertz CT molecular complexity index is 697. The molecular weight excluding hydrogens is 288 g/mol. The molecule has 5 nitrogen and oxygen atoms in total. The van der Waals surface area contributed by atoms with Gasteiger partial charge in [-0.15, -0.1) is 0 Å². The first-order chi connectivity index (χ1) is 9.99. The lowest BCUT2D eigenvalue weighted by Crippen LogP contribution is -2.03. The van der Waals surface area contributed by atoms with Crippen molar-refractivity contribution in [3.8, 4) is 5.75 Å². The summed E-state index contributed by atoms with van der Waals surface area (Å²) in [7, 11) is -3.25. The molecule has 1 aromatic heterocycles. The highest BCUT2D eigenvalue weighted by molar-refractivity contribution is 7.90. The molecule has 2 aromatic rings. The van der Waals surface area contributed by atoms with Gasteiger partial charge in [0.2, 0.25) is 0 Å². The van der Waals surface area contributed by atoms with Crippen LogP contribution in [0.1, 0.15) is 12.5 Å². The zero-order valence-corrected chi connectivity index (χ0v) is 12.9. The summed E-state index contributed by atoms with van der Waals surface area (Å²) in [6.45, 7) is 3.19. The Morgan fingerprint density at radius 3 is 2.67 bits per heavy atom. The van der Waals surface area contributed by atoms with Gasteiger partial charge in [0.15, 0.2) is 14.9 Å². The summed E-state index contributed by atoms with van der Waals surface area (Å²) >= 11 is 0. The lowest BCUT2D eigenvalue weighted by molar-refractivity contribution is 0.340. The molecule has 112 valence electrons. The highest BCUT2D eigenvalue weighted by Gasteiger charge is 2.07. The van der Waals surface area contributed by atoms with Gasteiger partial charge in [-0.2, -0.15) is 0 Å². The number of aromatic nitrogens is 1. The van der Waals surface area contributed by atoms with E-state index in [4.69, 9.17) is 4.74 Å². The van der Waals surface area contributed by atoms with Crippen LogP contribution in [0, 0.1) is 0 Å². The molecule has 0 spiro atoms. The van der Waals surface area contributed by atoms with Crippen molar-refractivity contribution in [3.05, 3.63) is 48.2 Å². The second-order valence-electron chi connectivity index (χ2n) is 4.59. The molecule has 0 saturated heterocycles. The Morgan fingerprint density at radius 2 is 2.05 bits per heavy atom. The summed E-state index contributed by atoms with van der Waals surface area (Å²) in [6.07, 6.45) is 2.66. The topological polar surface area (TPSA) is 68.3 Å². The van der Waals surface area contributed by atoms with Gasteiger partial charge in [-0.3, -0.25) is 0 Å². The van der Waals surface area contributed by atoms with E-state index in [1.807, 2.05) is 31.2 Å². The molecule has 21 heavy (non-hydrogen) atoms. The van der Waals surface area contributed by atoms with Crippen LogP contribution in [0.3, 0.4) is 0 Å². The molecule has 0 aliphatic rings. The Hall–Kier alpha value is -2.08. The van der Waals surface area contributed by atoms with Gasteiger partial charge >= 0.3 is 0 Å². The van der Waals surface area contributed by atoms with Crippen molar-refractivity contribution in [2.45, 2.75) is 18.5 Å². The van der Waals surface area contributed by atoms with Crippen LogP contribution in [-0.2, 0) is 16.4 Å². The molecule has 1 aromatic carbocycles. The van der Waals surface area contributed by atoms with Gasteiger partial charge < -0.3 is 10.1 Å². The number of nitrogens with zero attached hydrogens (tertiary/aromatic N) is 1. The molecular formula is C15H18N2O3S. The van der Waals surface area contributed by atoms with Crippen molar-refractivity contribution < 1.29 is 13.2 Å². The third-order valence-corrected chi connectivity index (χ3v) is 3.82. The average molecular weight is 306 g/mol. The molecule has 0 bridgehead atoms. The predicted octanol–water partition coefficient (Wildman–Crippen LogP) is 2.50. The van der Waals surface area contributed by atoms with Gasteiger partial charge in [0, 0.05) is 12.8 Å². The van der Waals surface area contributed by atoms with Crippen LogP contribution < -0.4 is 10.1 Å². The quantitative estimate of drug-likeness (QED) is 0.888. The van der Waals surface area contributed by atoms with Crippen molar-refractivity contribution in [1.82, 2.24) is 4.98 Å². The maximum atomic E-state index is 11.3. The van der Waals surface area contributed by atoms with Crippen molar-refractivity contribution in [3.63, 3.8) is 0 Å². The standard InChI is InChI=1S/C15H18N2O3S/c1-3-20-14-6-4-5-12(9-14)10-16-13-7-8-15(17-11-13)21(2,18)19/h4-9,11,16H,3,10H2,1-2H3. The molecule has 0 saturated carbocycles. The largest absolute Gasteiger partial charge is 0.494 e. The van der Waals surface area contributed by atoms with Gasteiger partial charge in [-0.1, -0.05) is 12.1 Å². The summed E-state index contributed by atoms with van der Waals surface area (Å²) in [5.41, 5.74) is 1.84. The summed E-state index contributed by atoms with van der Waals surface area (Å²) in [5.74, 6) is 0.836. The van der Waals surface area contributed by atoms with E-state index >= 15 is 0 Å². The van der Waals surface area contributed by atoms with Gasteiger partial charge in [0.05, 0.1) is 18.5 Å². The fourth-order valence-electron chi connectivity index (χ4n) is 1.82. The minimum atomic E-state index is -3.25. The molecule has 0 amide bonds. The number of sulfone groups is 1. The highest BCUT2D eigenvalue weighted by atomic mass is 32.2. The molecule has 0 radical (unpaired) electrons. The first kappa shape index (κ1) is 15.3. The van der Waals surface area contributed by atoms with E-state index in [2.05, 4.69) is 10.3 Å². The van der Waals surface area contributed by atoms with Crippen LogP contribution in [0.15, 0.2) is 47.6 Å². The van der Waals surface area contributed by atoms with Gasteiger partial charge in [-0.05, 0) is 36.8 Å². The number of hydrogen-bond donors (Lipinski definition) is 1. The van der Waals surface area contributed by atoms with Crippen molar-refractivity contribution in [2.75, 3.05) is 18.2 Å². The second kappa shape index (κ2) is 6.58. The zero-order chi connectivity index (χ0) is 15.3. The van der Waals surface area contributed by atoms with Crippen LogP contribution >= 0.6 is 0 Å². The Labute approximate surface area is 124 Å². The summed E-state index contributed by atoms with van der Waals surface area (Å²) in [5, 5.41) is 3.27. The fourth-order valence-corrected chi connectivity index (χ4v) is 2.38. The van der Waals surface area contributed by atoms with Crippen LogP contribution in [0.25, 0.3) is 0 Å².